The maximum atomic E-state index is 11.9. The molecule has 0 aliphatic carbocycles. The Morgan fingerprint density at radius 2 is 1.83 bits per heavy atom. The van der Waals surface area contributed by atoms with Gasteiger partial charge in [0.05, 0.1) is 12.1 Å². The number of hydrogen-bond acceptors (Lipinski definition) is 4. The van der Waals surface area contributed by atoms with Crippen molar-refractivity contribution >= 4 is 28.2 Å². The van der Waals surface area contributed by atoms with E-state index in [1.807, 2.05) is 61.5 Å². The first kappa shape index (κ1) is 15.7. The number of aromatic hydroxyl groups is 1. The van der Waals surface area contributed by atoms with Crippen LogP contribution in [0.15, 0.2) is 64.8 Å². The molecule has 0 fully saturated rings. The molecule has 0 aliphatic rings. The smallest absolute Gasteiger partial charge is 0.283 e. The number of para-hydroxylation sites is 2. The van der Waals surface area contributed by atoms with E-state index in [0.717, 1.165) is 16.6 Å². The predicted molar refractivity (Wildman–Crippen MR) is 93.7 cm³/mol. The van der Waals surface area contributed by atoms with E-state index < -0.39 is 5.91 Å². The first-order valence-corrected chi connectivity index (χ1v) is 7.74. The summed E-state index contributed by atoms with van der Waals surface area (Å²) >= 11 is 0. The van der Waals surface area contributed by atoms with E-state index in [9.17, 15) is 9.90 Å². The number of carbonyl (C=O) groups excluding carboxylic acids is 1. The van der Waals surface area contributed by atoms with Gasteiger partial charge in [0.1, 0.15) is 0 Å². The third-order valence-corrected chi connectivity index (χ3v) is 3.71. The molecular weight excluding hydrogens is 304 g/mol. The maximum absolute atomic E-state index is 11.9. The molecule has 0 saturated heterocycles. The summed E-state index contributed by atoms with van der Waals surface area (Å²) in [6.45, 7) is 2.58. The minimum atomic E-state index is -0.411. The highest BCUT2D eigenvalue weighted by Crippen LogP contribution is 2.38. The lowest BCUT2D eigenvalue weighted by molar-refractivity contribution is -0.116. The molecule has 0 saturated carbocycles. The Morgan fingerprint density at radius 1 is 1.12 bits per heavy atom. The Kier molecular flexibility index (Phi) is 4.56. The van der Waals surface area contributed by atoms with Crippen molar-refractivity contribution in [3.05, 3.63) is 54.6 Å². The van der Waals surface area contributed by atoms with Gasteiger partial charge in [-0.25, -0.2) is 0 Å². The van der Waals surface area contributed by atoms with Crippen molar-refractivity contribution in [1.82, 2.24) is 4.57 Å². The van der Waals surface area contributed by atoms with Crippen LogP contribution in [-0.2, 0) is 11.3 Å². The van der Waals surface area contributed by atoms with Gasteiger partial charge in [-0.3, -0.25) is 4.79 Å². The van der Waals surface area contributed by atoms with Gasteiger partial charge in [-0.2, -0.15) is 0 Å². The van der Waals surface area contributed by atoms with Gasteiger partial charge in [-0.1, -0.05) is 36.4 Å². The first-order chi connectivity index (χ1) is 11.7. The Morgan fingerprint density at radius 3 is 2.58 bits per heavy atom. The van der Waals surface area contributed by atoms with Gasteiger partial charge in [-0.15, -0.1) is 10.2 Å². The molecule has 2 aromatic carbocycles. The Bertz CT molecular complexity index is 885. The van der Waals surface area contributed by atoms with Gasteiger partial charge < -0.3 is 15.0 Å². The second-order valence-electron chi connectivity index (χ2n) is 5.25. The Hall–Kier alpha value is -3.15. The standard InChI is InChI=1S/C18H18N4O2/c1-2-22-15-11-7-6-10-14(15)17(18(22)24)21-20-16(23)12-19-13-8-4-3-5-9-13/h3-11,19,24H,2,12H2,1H3. The molecule has 0 atom stereocenters. The molecule has 0 aliphatic heterocycles. The van der Waals surface area contributed by atoms with Crippen molar-refractivity contribution in [2.24, 2.45) is 10.2 Å². The van der Waals surface area contributed by atoms with Crippen molar-refractivity contribution in [3.8, 4) is 5.88 Å². The number of aryl methyl sites for hydroxylation is 1. The summed E-state index contributed by atoms with van der Waals surface area (Å²) in [4.78, 5) is 11.9. The number of anilines is 1. The second kappa shape index (κ2) is 6.95. The van der Waals surface area contributed by atoms with Crippen molar-refractivity contribution < 1.29 is 9.90 Å². The highest BCUT2D eigenvalue weighted by Gasteiger charge is 2.15. The minimum absolute atomic E-state index is 0.0197. The van der Waals surface area contributed by atoms with E-state index in [1.165, 1.54) is 0 Å². The fraction of sp³-hybridized carbons (Fsp3) is 0.167. The number of benzene rings is 2. The zero-order valence-electron chi connectivity index (χ0n) is 13.3. The minimum Gasteiger partial charge on any atom is -0.493 e. The molecule has 1 aromatic heterocycles. The molecule has 3 aromatic rings. The summed E-state index contributed by atoms with van der Waals surface area (Å²) in [6, 6.07) is 16.9. The third-order valence-electron chi connectivity index (χ3n) is 3.71. The lowest BCUT2D eigenvalue weighted by atomic mass is 10.2. The summed E-state index contributed by atoms with van der Waals surface area (Å²) in [6.07, 6.45) is 0. The van der Waals surface area contributed by atoms with Crippen LogP contribution in [0.1, 0.15) is 6.92 Å². The van der Waals surface area contributed by atoms with Crippen LogP contribution < -0.4 is 5.32 Å². The molecule has 3 rings (SSSR count). The van der Waals surface area contributed by atoms with Gasteiger partial charge in [-0.05, 0) is 25.1 Å². The Balaban J connectivity index is 1.78. The number of fused-ring (bicyclic) bond motifs is 1. The van der Waals surface area contributed by atoms with Crippen LogP contribution in [0.3, 0.4) is 0 Å². The van der Waals surface area contributed by atoms with Crippen LogP contribution in [0.4, 0.5) is 11.4 Å². The zero-order valence-corrected chi connectivity index (χ0v) is 13.3. The summed E-state index contributed by atoms with van der Waals surface area (Å²) in [5.74, 6) is -0.391. The molecule has 0 spiro atoms. The normalized spacial score (nSPS) is 11.2. The lowest BCUT2D eigenvalue weighted by Gasteiger charge is -2.02. The number of hydrogen-bond donors (Lipinski definition) is 2. The molecule has 0 radical (unpaired) electrons. The first-order valence-electron chi connectivity index (χ1n) is 7.74. The van der Waals surface area contributed by atoms with Crippen LogP contribution in [0.5, 0.6) is 5.88 Å². The van der Waals surface area contributed by atoms with Crippen LogP contribution in [0, 0.1) is 0 Å². The molecule has 6 nitrogen and oxygen atoms in total. The summed E-state index contributed by atoms with van der Waals surface area (Å²) in [7, 11) is 0. The molecule has 0 unspecified atom stereocenters. The van der Waals surface area contributed by atoms with Gasteiger partial charge in [0.2, 0.25) is 5.88 Å². The van der Waals surface area contributed by atoms with Gasteiger partial charge in [0.25, 0.3) is 5.91 Å². The van der Waals surface area contributed by atoms with Crippen molar-refractivity contribution in [2.75, 3.05) is 11.9 Å². The van der Waals surface area contributed by atoms with Crippen molar-refractivity contribution in [1.29, 1.82) is 0 Å². The van der Waals surface area contributed by atoms with E-state index in [-0.39, 0.29) is 12.4 Å². The highest BCUT2D eigenvalue weighted by molar-refractivity contribution is 5.95. The summed E-state index contributed by atoms with van der Waals surface area (Å²) in [5.41, 5.74) is 2.02. The number of carbonyl (C=O) groups is 1. The monoisotopic (exact) mass is 322 g/mol. The van der Waals surface area contributed by atoms with Crippen LogP contribution in [0.25, 0.3) is 10.9 Å². The molecule has 2 N–H and O–H groups in total. The van der Waals surface area contributed by atoms with Gasteiger partial charge in [0.15, 0.2) is 5.69 Å². The molecule has 24 heavy (non-hydrogen) atoms. The fourth-order valence-electron chi connectivity index (χ4n) is 2.57. The number of nitrogens with zero attached hydrogens (tertiary/aromatic N) is 3. The van der Waals surface area contributed by atoms with E-state index in [2.05, 4.69) is 15.5 Å². The largest absolute Gasteiger partial charge is 0.493 e. The summed E-state index contributed by atoms with van der Waals surface area (Å²) in [5, 5.41) is 21.8. The van der Waals surface area contributed by atoms with Crippen LogP contribution in [-0.4, -0.2) is 22.1 Å². The van der Waals surface area contributed by atoms with E-state index in [0.29, 0.717) is 12.2 Å². The predicted octanol–water partition coefficient (Wildman–Crippen LogP) is 4.09. The average molecular weight is 322 g/mol. The van der Waals surface area contributed by atoms with E-state index in [4.69, 9.17) is 0 Å². The molecule has 1 amide bonds. The topological polar surface area (TPSA) is 79.0 Å². The third kappa shape index (κ3) is 3.12. The average Bonchev–Trinajstić information content (AvgIpc) is 2.90. The van der Waals surface area contributed by atoms with E-state index in [1.54, 1.807) is 4.57 Å². The van der Waals surface area contributed by atoms with Crippen molar-refractivity contribution in [2.45, 2.75) is 13.5 Å². The number of amides is 1. The van der Waals surface area contributed by atoms with Gasteiger partial charge in [0, 0.05) is 17.6 Å². The van der Waals surface area contributed by atoms with Crippen LogP contribution in [0.2, 0.25) is 0 Å². The highest BCUT2D eigenvalue weighted by atomic mass is 16.3. The molecule has 0 bridgehead atoms. The number of rotatable bonds is 5. The van der Waals surface area contributed by atoms with Crippen LogP contribution >= 0.6 is 0 Å². The SMILES string of the molecule is CCn1c(O)c(N=NC(=O)CNc2ccccc2)c2ccccc21. The molecule has 1 heterocycles. The number of nitrogens with one attached hydrogen (secondary N) is 1. The van der Waals surface area contributed by atoms with Crippen molar-refractivity contribution in [3.63, 3.8) is 0 Å². The maximum Gasteiger partial charge on any atom is 0.283 e. The molecule has 6 heteroatoms. The lowest BCUT2D eigenvalue weighted by Crippen LogP contribution is -2.10. The molecular formula is C18H18N4O2. The number of azo groups is 1. The fourth-order valence-corrected chi connectivity index (χ4v) is 2.57. The number of aromatic nitrogens is 1. The Labute approximate surface area is 139 Å². The quantitative estimate of drug-likeness (QED) is 0.694. The molecule has 122 valence electrons. The summed E-state index contributed by atoms with van der Waals surface area (Å²) < 4.78 is 1.73. The second-order valence-corrected chi connectivity index (χ2v) is 5.25. The van der Waals surface area contributed by atoms with Gasteiger partial charge >= 0.3 is 0 Å². The van der Waals surface area contributed by atoms with E-state index >= 15 is 0 Å². The zero-order chi connectivity index (χ0) is 16.9.